The van der Waals surface area contributed by atoms with Crippen LogP contribution in [0.2, 0.25) is 0 Å². The highest BCUT2D eigenvalue weighted by atomic mass is 32.1. The molecule has 0 unspecified atom stereocenters. The molecule has 0 saturated carbocycles. The zero-order chi connectivity index (χ0) is 17.1. The SMILES string of the molecule is O=C(/C=C/c1cscn1)Nc1ccc(-c2nc3ccccc3s2)cc1. The molecule has 4 aromatic rings. The first-order valence-electron chi connectivity index (χ1n) is 7.61. The molecular weight excluding hydrogens is 350 g/mol. The number of amides is 1. The number of hydrogen-bond acceptors (Lipinski definition) is 5. The Balaban J connectivity index is 1.47. The van der Waals surface area contributed by atoms with Crippen LogP contribution in [0.25, 0.3) is 26.9 Å². The van der Waals surface area contributed by atoms with Crippen LogP contribution in [-0.2, 0) is 4.79 Å². The molecule has 0 aliphatic heterocycles. The van der Waals surface area contributed by atoms with Gasteiger partial charge in [0.05, 0.1) is 21.4 Å². The van der Waals surface area contributed by atoms with Crippen LogP contribution >= 0.6 is 22.7 Å². The lowest BCUT2D eigenvalue weighted by atomic mass is 10.2. The fraction of sp³-hybridized carbons (Fsp3) is 0. The Labute approximate surface area is 152 Å². The maximum absolute atomic E-state index is 11.9. The summed E-state index contributed by atoms with van der Waals surface area (Å²) in [7, 11) is 0. The number of nitrogens with one attached hydrogen (secondary N) is 1. The first kappa shape index (κ1) is 15.7. The number of thiazole rings is 2. The summed E-state index contributed by atoms with van der Waals surface area (Å²) in [6, 6.07) is 15.8. The maximum atomic E-state index is 11.9. The van der Waals surface area contributed by atoms with Gasteiger partial charge in [0.15, 0.2) is 0 Å². The van der Waals surface area contributed by atoms with Gasteiger partial charge >= 0.3 is 0 Å². The molecule has 6 heteroatoms. The van der Waals surface area contributed by atoms with Gasteiger partial charge < -0.3 is 5.32 Å². The van der Waals surface area contributed by atoms with Crippen molar-refractivity contribution in [2.45, 2.75) is 0 Å². The van der Waals surface area contributed by atoms with Gasteiger partial charge in [-0.2, -0.15) is 0 Å². The largest absolute Gasteiger partial charge is 0.323 e. The Morgan fingerprint density at radius 1 is 1.08 bits per heavy atom. The topological polar surface area (TPSA) is 54.9 Å². The van der Waals surface area contributed by atoms with Crippen molar-refractivity contribution in [3.8, 4) is 10.6 Å². The second-order valence-corrected chi connectivity index (χ2v) is 7.05. The third-order valence-electron chi connectivity index (χ3n) is 3.55. The molecule has 1 amide bonds. The van der Waals surface area contributed by atoms with E-state index in [2.05, 4.69) is 21.4 Å². The maximum Gasteiger partial charge on any atom is 0.248 e. The first-order chi connectivity index (χ1) is 12.3. The van der Waals surface area contributed by atoms with Crippen LogP contribution in [0.4, 0.5) is 5.69 Å². The standard InChI is InChI=1S/C19H13N3OS2/c23-18(10-9-15-11-24-12-20-15)21-14-7-5-13(6-8-14)19-22-16-3-1-2-4-17(16)25-19/h1-12H,(H,21,23)/b10-9+. The third kappa shape index (κ3) is 3.65. The summed E-state index contributed by atoms with van der Waals surface area (Å²) in [4.78, 5) is 20.7. The molecule has 2 aromatic heterocycles. The van der Waals surface area contributed by atoms with Crippen molar-refractivity contribution in [3.63, 3.8) is 0 Å². The molecule has 0 aliphatic carbocycles. The lowest BCUT2D eigenvalue weighted by molar-refractivity contribution is -0.111. The molecular formula is C19H13N3OS2. The van der Waals surface area contributed by atoms with Gasteiger partial charge in [-0.05, 0) is 42.5 Å². The summed E-state index contributed by atoms with van der Waals surface area (Å²) in [5, 5.41) is 5.70. The number of anilines is 1. The molecule has 0 radical (unpaired) electrons. The average molecular weight is 363 g/mol. The van der Waals surface area contributed by atoms with E-state index >= 15 is 0 Å². The van der Waals surface area contributed by atoms with Crippen molar-refractivity contribution >= 4 is 50.6 Å². The quantitative estimate of drug-likeness (QED) is 0.515. The van der Waals surface area contributed by atoms with Crippen LogP contribution in [0.1, 0.15) is 5.69 Å². The number of nitrogens with zero attached hydrogens (tertiary/aromatic N) is 2. The van der Waals surface area contributed by atoms with Crippen LogP contribution in [-0.4, -0.2) is 15.9 Å². The van der Waals surface area contributed by atoms with Crippen molar-refractivity contribution in [3.05, 3.63) is 71.2 Å². The van der Waals surface area contributed by atoms with E-state index in [1.54, 1.807) is 22.9 Å². The molecule has 4 nitrogen and oxygen atoms in total. The molecule has 0 spiro atoms. The number of hydrogen-bond donors (Lipinski definition) is 1. The highest BCUT2D eigenvalue weighted by Gasteiger charge is 2.06. The van der Waals surface area contributed by atoms with E-state index in [0.717, 1.165) is 27.5 Å². The highest BCUT2D eigenvalue weighted by Crippen LogP contribution is 2.30. The van der Waals surface area contributed by atoms with Gasteiger partial charge in [-0.3, -0.25) is 4.79 Å². The Hall–Kier alpha value is -2.83. The Kier molecular flexibility index (Phi) is 4.37. The van der Waals surface area contributed by atoms with Gasteiger partial charge in [-0.15, -0.1) is 22.7 Å². The summed E-state index contributed by atoms with van der Waals surface area (Å²) in [5.41, 5.74) is 5.31. The van der Waals surface area contributed by atoms with Crippen LogP contribution in [0, 0.1) is 0 Å². The van der Waals surface area contributed by atoms with Crippen molar-refractivity contribution in [1.29, 1.82) is 0 Å². The number of rotatable bonds is 4. The smallest absolute Gasteiger partial charge is 0.248 e. The minimum atomic E-state index is -0.180. The zero-order valence-electron chi connectivity index (χ0n) is 13.0. The number of carbonyl (C=O) groups excluding carboxylic acids is 1. The number of para-hydroxylation sites is 1. The second-order valence-electron chi connectivity index (χ2n) is 5.30. The molecule has 0 saturated heterocycles. The molecule has 1 N–H and O–H groups in total. The number of benzene rings is 2. The number of fused-ring (bicyclic) bond motifs is 1. The first-order valence-corrected chi connectivity index (χ1v) is 9.37. The molecule has 0 atom stereocenters. The van der Waals surface area contributed by atoms with Gasteiger partial charge in [0.2, 0.25) is 5.91 Å². The molecule has 0 bridgehead atoms. The van der Waals surface area contributed by atoms with E-state index in [9.17, 15) is 4.79 Å². The van der Waals surface area contributed by atoms with Gasteiger partial charge in [-0.25, -0.2) is 9.97 Å². The van der Waals surface area contributed by atoms with E-state index in [1.165, 1.54) is 22.1 Å². The molecule has 0 fully saturated rings. The minimum Gasteiger partial charge on any atom is -0.323 e. The summed E-state index contributed by atoms with van der Waals surface area (Å²) in [6.45, 7) is 0. The Bertz CT molecular complexity index is 1000. The highest BCUT2D eigenvalue weighted by molar-refractivity contribution is 7.21. The Morgan fingerprint density at radius 3 is 2.68 bits per heavy atom. The fourth-order valence-electron chi connectivity index (χ4n) is 2.34. The van der Waals surface area contributed by atoms with Crippen LogP contribution < -0.4 is 5.32 Å². The number of carbonyl (C=O) groups is 1. The molecule has 0 aliphatic rings. The molecule has 4 rings (SSSR count). The van der Waals surface area contributed by atoms with Crippen LogP contribution in [0.3, 0.4) is 0 Å². The van der Waals surface area contributed by atoms with E-state index in [-0.39, 0.29) is 5.91 Å². The molecule has 2 heterocycles. The minimum absolute atomic E-state index is 0.180. The van der Waals surface area contributed by atoms with Crippen molar-refractivity contribution in [2.75, 3.05) is 5.32 Å². The molecule has 122 valence electrons. The van der Waals surface area contributed by atoms with E-state index in [4.69, 9.17) is 0 Å². The summed E-state index contributed by atoms with van der Waals surface area (Å²) in [5.74, 6) is -0.180. The third-order valence-corrected chi connectivity index (χ3v) is 5.24. The van der Waals surface area contributed by atoms with Crippen molar-refractivity contribution in [2.24, 2.45) is 0 Å². The van der Waals surface area contributed by atoms with Crippen LogP contribution in [0.15, 0.2) is 65.5 Å². The lowest BCUT2D eigenvalue weighted by Gasteiger charge is -2.03. The van der Waals surface area contributed by atoms with Crippen molar-refractivity contribution < 1.29 is 4.79 Å². The van der Waals surface area contributed by atoms with Gasteiger partial charge in [0.25, 0.3) is 0 Å². The zero-order valence-corrected chi connectivity index (χ0v) is 14.7. The predicted octanol–water partition coefficient (Wildman–Crippen LogP) is 5.07. The predicted molar refractivity (Wildman–Crippen MR) is 105 cm³/mol. The average Bonchev–Trinajstić information content (AvgIpc) is 3.30. The molecule has 25 heavy (non-hydrogen) atoms. The monoisotopic (exact) mass is 363 g/mol. The lowest BCUT2D eigenvalue weighted by Crippen LogP contribution is -2.07. The fourth-order valence-corrected chi connectivity index (χ4v) is 3.83. The number of aromatic nitrogens is 2. The van der Waals surface area contributed by atoms with Gasteiger partial charge in [0.1, 0.15) is 5.01 Å². The van der Waals surface area contributed by atoms with Crippen LogP contribution in [0.5, 0.6) is 0 Å². The Morgan fingerprint density at radius 2 is 1.92 bits per heavy atom. The van der Waals surface area contributed by atoms with E-state index in [1.807, 2.05) is 47.8 Å². The van der Waals surface area contributed by atoms with E-state index < -0.39 is 0 Å². The normalized spacial score (nSPS) is 11.2. The summed E-state index contributed by atoms with van der Waals surface area (Å²) < 4.78 is 1.17. The van der Waals surface area contributed by atoms with Gasteiger partial charge in [-0.1, -0.05) is 12.1 Å². The van der Waals surface area contributed by atoms with Crippen molar-refractivity contribution in [1.82, 2.24) is 9.97 Å². The van der Waals surface area contributed by atoms with Gasteiger partial charge in [0, 0.05) is 22.7 Å². The second kappa shape index (κ2) is 6.96. The molecule has 2 aromatic carbocycles. The van der Waals surface area contributed by atoms with E-state index in [0.29, 0.717) is 0 Å². The summed E-state index contributed by atoms with van der Waals surface area (Å²) >= 11 is 3.16. The summed E-state index contributed by atoms with van der Waals surface area (Å²) in [6.07, 6.45) is 3.18.